The van der Waals surface area contributed by atoms with Gasteiger partial charge >= 0.3 is 5.97 Å². The lowest BCUT2D eigenvalue weighted by molar-refractivity contribution is -0.144. The van der Waals surface area contributed by atoms with Gasteiger partial charge in [-0.1, -0.05) is 0 Å². The molecule has 68 valence electrons. The molecule has 0 amide bonds. The molecule has 0 bridgehead atoms. The van der Waals surface area contributed by atoms with Crippen LogP contribution in [0.5, 0.6) is 0 Å². The maximum Gasteiger partial charge on any atom is 0.310 e. The third-order valence-corrected chi connectivity index (χ3v) is 3.87. The molecule has 0 spiro atoms. The van der Waals surface area contributed by atoms with E-state index < -0.39 is 11.4 Å². The summed E-state index contributed by atoms with van der Waals surface area (Å²) < 4.78 is 0. The van der Waals surface area contributed by atoms with Crippen molar-refractivity contribution in [3.8, 4) is 0 Å². The number of carbonyl (C=O) groups is 1. The molecule has 12 heavy (non-hydrogen) atoms. The van der Waals surface area contributed by atoms with E-state index in [-0.39, 0.29) is 11.5 Å². The Kier molecular flexibility index (Phi) is 1.24. The fraction of sp³-hybridized carbons (Fsp3) is 0.889. The van der Waals surface area contributed by atoms with Crippen molar-refractivity contribution < 1.29 is 9.90 Å². The number of fused-ring (bicyclic) bond motifs is 1. The molecule has 0 aromatic rings. The fourth-order valence-corrected chi connectivity index (χ4v) is 3.13. The van der Waals surface area contributed by atoms with Crippen LogP contribution >= 0.6 is 0 Å². The number of rotatable bonds is 1. The Labute approximate surface area is 71.9 Å². The van der Waals surface area contributed by atoms with E-state index >= 15 is 0 Å². The Bertz CT molecular complexity index is 249. The predicted molar refractivity (Wildman–Crippen MR) is 44.5 cm³/mol. The molecule has 0 aromatic heterocycles. The van der Waals surface area contributed by atoms with Crippen LogP contribution in [-0.4, -0.2) is 16.6 Å². The van der Waals surface area contributed by atoms with Gasteiger partial charge in [0.15, 0.2) is 0 Å². The molecule has 0 saturated heterocycles. The van der Waals surface area contributed by atoms with Crippen LogP contribution in [0.15, 0.2) is 0 Å². The van der Waals surface area contributed by atoms with Crippen molar-refractivity contribution >= 4 is 5.97 Å². The summed E-state index contributed by atoms with van der Waals surface area (Å²) in [4.78, 5) is 10.9. The first-order valence-electron chi connectivity index (χ1n) is 4.43. The van der Waals surface area contributed by atoms with E-state index in [1.54, 1.807) is 0 Å². The van der Waals surface area contributed by atoms with E-state index in [0.29, 0.717) is 5.92 Å². The SMILES string of the molecule is CC1(N)CCC2C1C2(C)C(=O)O. The highest BCUT2D eigenvalue weighted by Gasteiger charge is 2.74. The summed E-state index contributed by atoms with van der Waals surface area (Å²) in [6.07, 6.45) is 1.96. The van der Waals surface area contributed by atoms with Gasteiger partial charge < -0.3 is 10.8 Å². The van der Waals surface area contributed by atoms with Crippen molar-refractivity contribution in [1.82, 2.24) is 0 Å². The minimum absolute atomic E-state index is 0.211. The number of nitrogens with two attached hydrogens (primary N) is 1. The molecule has 2 aliphatic carbocycles. The predicted octanol–water partition coefficient (Wildman–Crippen LogP) is 0.835. The van der Waals surface area contributed by atoms with Crippen molar-refractivity contribution in [2.24, 2.45) is 23.0 Å². The van der Waals surface area contributed by atoms with E-state index in [9.17, 15) is 4.79 Å². The van der Waals surface area contributed by atoms with Crippen LogP contribution in [0, 0.1) is 17.3 Å². The smallest absolute Gasteiger partial charge is 0.310 e. The maximum atomic E-state index is 10.9. The van der Waals surface area contributed by atoms with E-state index in [1.165, 1.54) is 0 Å². The standard InChI is InChI=1S/C9H15NO2/c1-8(10)4-3-5-6(8)9(5,2)7(11)12/h5-6H,3-4,10H2,1-2H3,(H,11,12). The molecule has 2 saturated carbocycles. The molecule has 2 aliphatic rings. The molecule has 0 radical (unpaired) electrons. The molecule has 4 unspecified atom stereocenters. The number of carboxylic acids is 1. The van der Waals surface area contributed by atoms with Crippen molar-refractivity contribution in [1.29, 1.82) is 0 Å². The first-order chi connectivity index (χ1) is 5.40. The van der Waals surface area contributed by atoms with Crippen LogP contribution in [0.4, 0.5) is 0 Å². The van der Waals surface area contributed by atoms with Gasteiger partial charge in [-0.15, -0.1) is 0 Å². The summed E-state index contributed by atoms with van der Waals surface area (Å²) >= 11 is 0. The molecule has 2 rings (SSSR count). The van der Waals surface area contributed by atoms with Crippen molar-refractivity contribution in [2.75, 3.05) is 0 Å². The summed E-state index contributed by atoms with van der Waals surface area (Å²) in [5.41, 5.74) is 5.26. The highest BCUT2D eigenvalue weighted by molar-refractivity contribution is 5.80. The first-order valence-corrected chi connectivity index (χ1v) is 4.43. The summed E-state index contributed by atoms with van der Waals surface area (Å²) in [5.74, 6) is -0.124. The Morgan fingerprint density at radius 3 is 2.42 bits per heavy atom. The van der Waals surface area contributed by atoms with Gasteiger partial charge in [0.2, 0.25) is 0 Å². The summed E-state index contributed by atoms with van der Waals surface area (Å²) in [6, 6.07) is 0. The van der Waals surface area contributed by atoms with Gasteiger partial charge in [0, 0.05) is 5.54 Å². The quantitative estimate of drug-likeness (QED) is 0.611. The average Bonchev–Trinajstić information content (AvgIpc) is 2.41. The number of hydrogen-bond acceptors (Lipinski definition) is 2. The largest absolute Gasteiger partial charge is 0.481 e. The van der Waals surface area contributed by atoms with Crippen LogP contribution in [0.2, 0.25) is 0 Å². The molecule has 3 heteroatoms. The van der Waals surface area contributed by atoms with Crippen LogP contribution in [0.1, 0.15) is 26.7 Å². The Balaban J connectivity index is 2.26. The topological polar surface area (TPSA) is 63.3 Å². The van der Waals surface area contributed by atoms with E-state index in [1.807, 2.05) is 13.8 Å². The van der Waals surface area contributed by atoms with Crippen LogP contribution in [0.25, 0.3) is 0 Å². The minimum Gasteiger partial charge on any atom is -0.481 e. The Morgan fingerprint density at radius 1 is 1.58 bits per heavy atom. The van der Waals surface area contributed by atoms with Gasteiger partial charge in [-0.2, -0.15) is 0 Å². The minimum atomic E-state index is -0.672. The lowest BCUT2D eigenvalue weighted by atomic mass is 9.87. The second kappa shape index (κ2) is 1.84. The van der Waals surface area contributed by atoms with Gasteiger partial charge in [-0.05, 0) is 38.5 Å². The van der Waals surface area contributed by atoms with Crippen molar-refractivity contribution in [3.05, 3.63) is 0 Å². The summed E-state index contributed by atoms with van der Waals surface area (Å²) in [7, 11) is 0. The molecule has 4 atom stereocenters. The Hall–Kier alpha value is -0.570. The van der Waals surface area contributed by atoms with Crippen molar-refractivity contribution in [3.63, 3.8) is 0 Å². The van der Waals surface area contributed by atoms with Gasteiger partial charge in [0.25, 0.3) is 0 Å². The zero-order chi connectivity index (χ0) is 9.15. The molecule has 3 N–H and O–H groups in total. The molecular weight excluding hydrogens is 154 g/mol. The average molecular weight is 169 g/mol. The highest BCUT2D eigenvalue weighted by Crippen LogP contribution is 2.69. The van der Waals surface area contributed by atoms with E-state index in [4.69, 9.17) is 10.8 Å². The zero-order valence-electron chi connectivity index (χ0n) is 7.50. The van der Waals surface area contributed by atoms with Crippen LogP contribution in [-0.2, 0) is 4.79 Å². The van der Waals surface area contributed by atoms with E-state index in [2.05, 4.69) is 0 Å². The number of hydrogen-bond donors (Lipinski definition) is 2. The summed E-state index contributed by atoms with van der Waals surface area (Å²) in [5, 5.41) is 8.99. The molecule has 2 fully saturated rings. The monoisotopic (exact) mass is 169 g/mol. The Morgan fingerprint density at radius 2 is 2.17 bits per heavy atom. The maximum absolute atomic E-state index is 10.9. The fourth-order valence-electron chi connectivity index (χ4n) is 3.13. The molecule has 3 nitrogen and oxygen atoms in total. The van der Waals surface area contributed by atoms with Gasteiger partial charge in [-0.3, -0.25) is 4.79 Å². The second-order valence-corrected chi connectivity index (χ2v) is 4.72. The van der Waals surface area contributed by atoms with Gasteiger partial charge in [0.05, 0.1) is 5.41 Å². The normalized spacial score (nSPS) is 56.6. The van der Waals surface area contributed by atoms with Gasteiger partial charge in [0.1, 0.15) is 0 Å². The molecular formula is C9H15NO2. The second-order valence-electron chi connectivity index (χ2n) is 4.72. The molecule has 0 aliphatic heterocycles. The first kappa shape index (κ1) is 8.05. The molecule has 0 heterocycles. The number of carboxylic acid groups (broad SMARTS) is 1. The summed E-state index contributed by atoms with van der Waals surface area (Å²) in [6.45, 7) is 3.81. The van der Waals surface area contributed by atoms with Crippen molar-refractivity contribution in [2.45, 2.75) is 32.2 Å². The lowest BCUT2D eigenvalue weighted by Gasteiger charge is -2.24. The highest BCUT2D eigenvalue weighted by atomic mass is 16.4. The number of aliphatic carboxylic acids is 1. The molecule has 0 aromatic carbocycles. The van der Waals surface area contributed by atoms with E-state index in [0.717, 1.165) is 12.8 Å². The van der Waals surface area contributed by atoms with Gasteiger partial charge in [-0.25, -0.2) is 0 Å². The lowest BCUT2D eigenvalue weighted by Crippen LogP contribution is -2.40. The van der Waals surface area contributed by atoms with Crippen LogP contribution in [0.3, 0.4) is 0 Å². The van der Waals surface area contributed by atoms with Crippen LogP contribution < -0.4 is 5.73 Å². The zero-order valence-corrected chi connectivity index (χ0v) is 7.50. The third kappa shape index (κ3) is 0.678. The third-order valence-electron chi connectivity index (χ3n) is 3.87.